The SMILES string of the molecule is CC(=O)Nc1ccc(OC[C@H](O)C[NH2+]C(C)C)cc1. The molecule has 0 aliphatic carbocycles. The summed E-state index contributed by atoms with van der Waals surface area (Å²) in [5.41, 5.74) is 0.730. The Hall–Kier alpha value is -1.59. The molecule has 1 atom stereocenters. The van der Waals surface area contributed by atoms with Crippen LogP contribution in [0.25, 0.3) is 0 Å². The second kappa shape index (κ2) is 7.76. The first-order valence-corrected chi connectivity index (χ1v) is 6.49. The molecule has 0 bridgehead atoms. The van der Waals surface area contributed by atoms with Gasteiger partial charge >= 0.3 is 0 Å². The standard InChI is InChI=1S/C14H22N2O3/c1-10(2)15-8-13(18)9-19-14-6-4-12(5-7-14)16-11(3)17/h4-7,10,13,15,18H,8-9H2,1-3H3,(H,16,17)/p+1/t13-/m1/s1. The van der Waals surface area contributed by atoms with Gasteiger partial charge in [0, 0.05) is 12.6 Å². The molecule has 0 fully saturated rings. The van der Waals surface area contributed by atoms with Gasteiger partial charge in [-0.15, -0.1) is 0 Å². The van der Waals surface area contributed by atoms with E-state index in [-0.39, 0.29) is 12.5 Å². The Morgan fingerprint density at radius 2 is 2.00 bits per heavy atom. The molecule has 106 valence electrons. The fourth-order valence-corrected chi connectivity index (χ4v) is 1.53. The van der Waals surface area contributed by atoms with Gasteiger partial charge in [-0.1, -0.05) is 0 Å². The summed E-state index contributed by atoms with van der Waals surface area (Å²) < 4.78 is 5.48. The Morgan fingerprint density at radius 3 is 2.53 bits per heavy atom. The van der Waals surface area contributed by atoms with Crippen LogP contribution in [-0.2, 0) is 4.79 Å². The molecule has 0 aliphatic rings. The Labute approximate surface area is 114 Å². The van der Waals surface area contributed by atoms with Crippen LogP contribution in [0.15, 0.2) is 24.3 Å². The molecule has 1 aromatic carbocycles. The predicted octanol–water partition coefficient (Wildman–Crippen LogP) is 0.356. The fourth-order valence-electron chi connectivity index (χ4n) is 1.53. The quantitative estimate of drug-likeness (QED) is 0.667. The van der Waals surface area contributed by atoms with E-state index in [9.17, 15) is 9.90 Å². The van der Waals surface area contributed by atoms with Crippen molar-refractivity contribution in [3.05, 3.63) is 24.3 Å². The Morgan fingerprint density at radius 1 is 1.37 bits per heavy atom. The molecule has 1 aromatic rings. The second-order valence-corrected chi connectivity index (χ2v) is 4.89. The van der Waals surface area contributed by atoms with Crippen molar-refractivity contribution in [2.75, 3.05) is 18.5 Å². The third kappa shape index (κ3) is 6.79. The van der Waals surface area contributed by atoms with Crippen LogP contribution in [0.2, 0.25) is 0 Å². The number of anilines is 1. The van der Waals surface area contributed by atoms with Gasteiger partial charge in [0.25, 0.3) is 0 Å². The zero-order chi connectivity index (χ0) is 14.3. The van der Waals surface area contributed by atoms with E-state index >= 15 is 0 Å². The molecule has 0 aromatic heterocycles. The molecule has 0 heterocycles. The van der Waals surface area contributed by atoms with Crippen molar-refractivity contribution < 1.29 is 20.0 Å². The van der Waals surface area contributed by atoms with Crippen LogP contribution in [-0.4, -0.2) is 36.3 Å². The van der Waals surface area contributed by atoms with Crippen molar-refractivity contribution in [2.45, 2.75) is 32.9 Å². The van der Waals surface area contributed by atoms with E-state index in [1.165, 1.54) is 6.92 Å². The summed E-state index contributed by atoms with van der Waals surface area (Å²) in [7, 11) is 0. The first-order chi connectivity index (χ1) is 8.97. The number of aliphatic hydroxyl groups is 1. The summed E-state index contributed by atoms with van der Waals surface area (Å²) in [4.78, 5) is 10.9. The van der Waals surface area contributed by atoms with Crippen LogP contribution in [0.4, 0.5) is 5.69 Å². The largest absolute Gasteiger partial charge is 0.491 e. The lowest BCUT2D eigenvalue weighted by atomic mass is 10.3. The van der Waals surface area contributed by atoms with Crippen molar-refractivity contribution in [3.8, 4) is 5.75 Å². The minimum absolute atomic E-state index is 0.103. The smallest absolute Gasteiger partial charge is 0.221 e. The van der Waals surface area contributed by atoms with Crippen LogP contribution in [0.1, 0.15) is 20.8 Å². The van der Waals surface area contributed by atoms with Gasteiger partial charge in [0.1, 0.15) is 25.0 Å². The highest BCUT2D eigenvalue weighted by Gasteiger charge is 2.08. The van der Waals surface area contributed by atoms with Gasteiger partial charge in [0.15, 0.2) is 0 Å². The lowest BCUT2D eigenvalue weighted by molar-refractivity contribution is -0.688. The highest BCUT2D eigenvalue weighted by Crippen LogP contribution is 2.15. The fraction of sp³-hybridized carbons (Fsp3) is 0.500. The van der Waals surface area contributed by atoms with E-state index in [2.05, 4.69) is 24.5 Å². The molecule has 0 saturated carbocycles. The number of nitrogens with two attached hydrogens (primary N) is 1. The van der Waals surface area contributed by atoms with Crippen LogP contribution >= 0.6 is 0 Å². The number of amides is 1. The molecule has 0 aliphatic heterocycles. The van der Waals surface area contributed by atoms with Crippen molar-refractivity contribution >= 4 is 11.6 Å². The van der Waals surface area contributed by atoms with E-state index in [4.69, 9.17) is 4.74 Å². The van der Waals surface area contributed by atoms with Crippen LogP contribution in [0.5, 0.6) is 5.75 Å². The van der Waals surface area contributed by atoms with Gasteiger partial charge in [-0.3, -0.25) is 4.79 Å². The predicted molar refractivity (Wildman–Crippen MR) is 74.2 cm³/mol. The van der Waals surface area contributed by atoms with Gasteiger partial charge in [-0.25, -0.2) is 0 Å². The van der Waals surface area contributed by atoms with Crippen molar-refractivity contribution in [1.82, 2.24) is 0 Å². The van der Waals surface area contributed by atoms with Crippen LogP contribution in [0, 0.1) is 0 Å². The van der Waals surface area contributed by atoms with Gasteiger partial charge in [0.05, 0.1) is 6.04 Å². The second-order valence-electron chi connectivity index (χ2n) is 4.89. The summed E-state index contributed by atoms with van der Waals surface area (Å²) in [6.45, 7) is 6.51. The zero-order valence-corrected chi connectivity index (χ0v) is 11.7. The van der Waals surface area contributed by atoms with Crippen LogP contribution in [0.3, 0.4) is 0 Å². The minimum atomic E-state index is -0.488. The van der Waals surface area contributed by atoms with Crippen molar-refractivity contribution in [3.63, 3.8) is 0 Å². The number of nitrogens with one attached hydrogen (secondary N) is 1. The Kier molecular flexibility index (Phi) is 6.32. The number of hydrogen-bond acceptors (Lipinski definition) is 3. The van der Waals surface area contributed by atoms with Gasteiger partial charge in [-0.2, -0.15) is 0 Å². The Balaban J connectivity index is 2.35. The monoisotopic (exact) mass is 267 g/mol. The molecule has 0 saturated heterocycles. The summed E-state index contributed by atoms with van der Waals surface area (Å²) >= 11 is 0. The maximum atomic E-state index is 10.9. The minimum Gasteiger partial charge on any atom is -0.491 e. The van der Waals surface area contributed by atoms with E-state index < -0.39 is 6.10 Å². The molecular weight excluding hydrogens is 244 g/mol. The summed E-state index contributed by atoms with van der Waals surface area (Å²) in [5.74, 6) is 0.575. The first-order valence-electron chi connectivity index (χ1n) is 6.49. The highest BCUT2D eigenvalue weighted by atomic mass is 16.5. The van der Waals surface area contributed by atoms with Crippen molar-refractivity contribution in [2.24, 2.45) is 0 Å². The molecule has 0 spiro atoms. The third-order valence-corrected chi connectivity index (χ3v) is 2.50. The number of carbonyl (C=O) groups excluding carboxylic acids is 1. The zero-order valence-electron chi connectivity index (χ0n) is 11.7. The number of aliphatic hydroxyl groups excluding tert-OH is 1. The number of ether oxygens (including phenoxy) is 1. The number of benzene rings is 1. The molecular formula is C14H23N2O3+. The third-order valence-electron chi connectivity index (χ3n) is 2.50. The molecule has 4 N–H and O–H groups in total. The van der Waals surface area contributed by atoms with Gasteiger partial charge in [0.2, 0.25) is 5.91 Å². The number of carbonyl (C=O) groups is 1. The molecule has 1 amide bonds. The molecule has 0 radical (unpaired) electrons. The maximum Gasteiger partial charge on any atom is 0.221 e. The first kappa shape index (κ1) is 15.5. The lowest BCUT2D eigenvalue weighted by Crippen LogP contribution is -2.90. The maximum absolute atomic E-state index is 10.9. The normalized spacial score (nSPS) is 12.3. The Bertz CT molecular complexity index is 390. The molecule has 1 rings (SSSR count). The van der Waals surface area contributed by atoms with Crippen LogP contribution < -0.4 is 15.4 Å². The number of rotatable bonds is 7. The van der Waals surface area contributed by atoms with Crippen molar-refractivity contribution in [1.29, 1.82) is 0 Å². The highest BCUT2D eigenvalue weighted by molar-refractivity contribution is 5.88. The van der Waals surface area contributed by atoms with E-state index in [0.717, 1.165) is 5.69 Å². The summed E-state index contributed by atoms with van der Waals surface area (Å²) in [6.07, 6.45) is -0.488. The molecule has 5 heteroatoms. The molecule has 0 unspecified atom stereocenters. The lowest BCUT2D eigenvalue weighted by Gasteiger charge is -2.13. The van der Waals surface area contributed by atoms with E-state index in [1.54, 1.807) is 24.3 Å². The van der Waals surface area contributed by atoms with E-state index in [1.807, 2.05) is 0 Å². The number of hydrogen-bond donors (Lipinski definition) is 3. The van der Waals surface area contributed by atoms with Gasteiger partial charge in [-0.05, 0) is 38.1 Å². The van der Waals surface area contributed by atoms with Gasteiger partial charge < -0.3 is 20.5 Å². The number of quaternary nitrogens is 1. The molecule has 19 heavy (non-hydrogen) atoms. The average molecular weight is 267 g/mol. The summed E-state index contributed by atoms with van der Waals surface area (Å²) in [5, 5.41) is 14.5. The average Bonchev–Trinajstić information content (AvgIpc) is 2.35. The topological polar surface area (TPSA) is 75.2 Å². The van der Waals surface area contributed by atoms with E-state index in [0.29, 0.717) is 18.3 Å². The molecule has 5 nitrogen and oxygen atoms in total. The summed E-state index contributed by atoms with van der Waals surface area (Å²) in [6, 6.07) is 7.53.